The van der Waals surface area contributed by atoms with Gasteiger partial charge in [0.25, 0.3) is 10.9 Å². The van der Waals surface area contributed by atoms with Crippen molar-refractivity contribution in [3.05, 3.63) is 30.3 Å². The Labute approximate surface area is 148 Å². The number of carboxylic acids is 1. The maximum absolute atomic E-state index is 12.5. The van der Waals surface area contributed by atoms with Gasteiger partial charge in [0, 0.05) is 6.42 Å². The highest BCUT2D eigenvalue weighted by Gasteiger charge is 2.28. The lowest BCUT2D eigenvalue weighted by Gasteiger charge is -2.06. The van der Waals surface area contributed by atoms with Gasteiger partial charge in [0.05, 0.1) is 31.0 Å². The van der Waals surface area contributed by atoms with E-state index in [4.69, 9.17) is 14.6 Å². The molecule has 0 saturated heterocycles. The van der Waals surface area contributed by atoms with Crippen molar-refractivity contribution in [3.8, 4) is 5.88 Å². The maximum Gasteiger partial charge on any atom is 0.306 e. The van der Waals surface area contributed by atoms with Crippen molar-refractivity contribution < 1.29 is 37.2 Å². The van der Waals surface area contributed by atoms with Crippen LogP contribution >= 0.6 is 0 Å². The third kappa shape index (κ3) is 5.28. The van der Waals surface area contributed by atoms with Gasteiger partial charge in [0.1, 0.15) is 0 Å². The van der Waals surface area contributed by atoms with Crippen molar-refractivity contribution in [1.82, 2.24) is 10.3 Å². The molecule has 1 aromatic heterocycles. The third-order valence-electron chi connectivity index (χ3n) is 3.07. The van der Waals surface area contributed by atoms with Crippen molar-refractivity contribution >= 4 is 21.8 Å². The van der Waals surface area contributed by atoms with Crippen LogP contribution in [0.5, 0.6) is 5.88 Å². The molecule has 0 unspecified atom stereocenters. The molecule has 0 fully saturated rings. The fraction of sp³-hybridized carbons (Fsp3) is 0.333. The van der Waals surface area contributed by atoms with Crippen LogP contribution in [0.1, 0.15) is 19.3 Å². The largest absolute Gasteiger partial charge is 0.481 e. The molecule has 0 aliphatic carbocycles. The first-order valence-electron chi connectivity index (χ1n) is 7.54. The number of esters is 1. The normalized spacial score (nSPS) is 11.1. The van der Waals surface area contributed by atoms with Gasteiger partial charge in [-0.2, -0.15) is 0 Å². The van der Waals surface area contributed by atoms with Crippen molar-refractivity contribution in [2.45, 2.75) is 29.2 Å². The summed E-state index contributed by atoms with van der Waals surface area (Å²) in [6, 6.07) is 7.63. The van der Waals surface area contributed by atoms with Crippen molar-refractivity contribution in [2.24, 2.45) is 0 Å². The molecule has 2 aromatic rings. The minimum absolute atomic E-state index is 0.00225. The summed E-state index contributed by atoms with van der Waals surface area (Å²) >= 11 is 0. The van der Waals surface area contributed by atoms with Gasteiger partial charge in [0.2, 0.25) is 9.84 Å². The van der Waals surface area contributed by atoms with E-state index in [1.54, 1.807) is 18.2 Å². The van der Waals surface area contributed by atoms with Gasteiger partial charge in [-0.15, -0.1) is 0 Å². The van der Waals surface area contributed by atoms with E-state index < -0.39 is 26.8 Å². The summed E-state index contributed by atoms with van der Waals surface area (Å²) in [5, 5.41) is 14.8. The minimum Gasteiger partial charge on any atom is -0.481 e. The van der Waals surface area contributed by atoms with E-state index in [9.17, 15) is 18.0 Å². The predicted octanol–water partition coefficient (Wildman–Crippen LogP) is 1.08. The van der Waals surface area contributed by atoms with E-state index >= 15 is 0 Å². The Bertz CT molecular complexity index is 848. The van der Waals surface area contributed by atoms with E-state index in [1.165, 1.54) is 12.1 Å². The Balaban J connectivity index is 1.84. The molecule has 0 amide bonds. The Morgan fingerprint density at radius 3 is 2.50 bits per heavy atom. The van der Waals surface area contributed by atoms with Crippen LogP contribution in [0.15, 0.2) is 44.9 Å². The van der Waals surface area contributed by atoms with Gasteiger partial charge in [-0.3, -0.25) is 9.59 Å². The maximum atomic E-state index is 12.5. The molecule has 0 saturated carbocycles. The quantitative estimate of drug-likeness (QED) is 0.466. The predicted molar refractivity (Wildman–Crippen MR) is 84.1 cm³/mol. The summed E-state index contributed by atoms with van der Waals surface area (Å²) in [6.45, 7) is -0.0117. The van der Waals surface area contributed by atoms with Gasteiger partial charge >= 0.3 is 11.9 Å². The number of hydrogen-bond acceptors (Lipinski definition) is 9. The molecule has 0 aliphatic heterocycles. The van der Waals surface area contributed by atoms with Gasteiger partial charge in [-0.05, 0) is 22.4 Å². The van der Waals surface area contributed by atoms with Crippen LogP contribution in [-0.4, -0.2) is 49.0 Å². The molecular formula is C15H16N2O8S. The summed E-state index contributed by atoms with van der Waals surface area (Å²) in [7, 11) is -3.93. The van der Waals surface area contributed by atoms with Crippen LogP contribution in [-0.2, 0) is 24.2 Å². The Hall–Kier alpha value is -2.95. The molecule has 0 spiro atoms. The van der Waals surface area contributed by atoms with Gasteiger partial charge in [-0.25, -0.2) is 13.0 Å². The second-order valence-corrected chi connectivity index (χ2v) is 6.87. The summed E-state index contributed by atoms with van der Waals surface area (Å²) in [4.78, 5) is 21.6. The number of sulfone groups is 1. The number of ether oxygens (including phenoxy) is 2. The van der Waals surface area contributed by atoms with Crippen molar-refractivity contribution in [3.63, 3.8) is 0 Å². The van der Waals surface area contributed by atoms with Crippen molar-refractivity contribution in [1.29, 1.82) is 0 Å². The lowest BCUT2D eigenvalue weighted by Crippen LogP contribution is -2.11. The number of benzene rings is 1. The van der Waals surface area contributed by atoms with Crippen LogP contribution in [0, 0.1) is 0 Å². The van der Waals surface area contributed by atoms with E-state index in [1.807, 2.05) is 0 Å². The zero-order chi connectivity index (χ0) is 19.0. The number of carboxylic acid groups (broad SMARTS) is 1. The second-order valence-electron chi connectivity index (χ2n) is 5.01. The lowest BCUT2D eigenvalue weighted by molar-refractivity contribution is -0.147. The smallest absolute Gasteiger partial charge is 0.306 e. The highest BCUT2D eigenvalue weighted by atomic mass is 32.2. The molecule has 2 rings (SSSR count). The zero-order valence-electron chi connectivity index (χ0n) is 13.5. The van der Waals surface area contributed by atoms with E-state index in [0.29, 0.717) is 0 Å². The number of hydrogen-bond donors (Lipinski definition) is 1. The molecule has 0 bridgehead atoms. The van der Waals surface area contributed by atoms with Crippen LogP contribution in [0.3, 0.4) is 0 Å². The van der Waals surface area contributed by atoms with Crippen LogP contribution in [0.4, 0.5) is 0 Å². The first kappa shape index (κ1) is 19.4. The standard InChI is InChI=1S/C15H16N2O8S/c18-12(19)7-8-13(20)23-9-4-10-24-14-15(17-25-16-14)26(21,22)11-5-2-1-3-6-11/h1-3,5-6H,4,7-10H2,(H,18,19). The fourth-order valence-electron chi connectivity index (χ4n) is 1.83. The van der Waals surface area contributed by atoms with Crippen LogP contribution < -0.4 is 4.74 Å². The van der Waals surface area contributed by atoms with Gasteiger partial charge < -0.3 is 14.6 Å². The molecule has 1 heterocycles. The van der Waals surface area contributed by atoms with E-state index in [2.05, 4.69) is 14.9 Å². The topological polar surface area (TPSA) is 146 Å². The molecule has 1 aromatic carbocycles. The number of aliphatic carboxylic acids is 1. The van der Waals surface area contributed by atoms with Crippen LogP contribution in [0.2, 0.25) is 0 Å². The highest BCUT2D eigenvalue weighted by molar-refractivity contribution is 7.91. The molecule has 11 heteroatoms. The van der Waals surface area contributed by atoms with Crippen LogP contribution in [0.25, 0.3) is 0 Å². The molecule has 10 nitrogen and oxygen atoms in total. The molecular weight excluding hydrogens is 368 g/mol. The number of carbonyl (C=O) groups is 2. The summed E-state index contributed by atoms with van der Waals surface area (Å²) < 4.78 is 39.4. The van der Waals surface area contributed by atoms with E-state index in [-0.39, 0.29) is 43.3 Å². The molecule has 0 atom stereocenters. The molecule has 0 aliphatic rings. The third-order valence-corrected chi connectivity index (χ3v) is 4.72. The summed E-state index contributed by atoms with van der Waals surface area (Å²) in [6.07, 6.45) is -0.278. The van der Waals surface area contributed by atoms with E-state index in [0.717, 1.165) is 0 Å². The average Bonchev–Trinajstić information content (AvgIpc) is 3.10. The highest BCUT2D eigenvalue weighted by Crippen LogP contribution is 2.25. The summed E-state index contributed by atoms with van der Waals surface area (Å²) in [5.41, 5.74) is 0. The van der Waals surface area contributed by atoms with Crippen molar-refractivity contribution in [2.75, 3.05) is 13.2 Å². The number of carbonyl (C=O) groups excluding carboxylic acids is 1. The minimum atomic E-state index is -3.93. The molecule has 26 heavy (non-hydrogen) atoms. The van der Waals surface area contributed by atoms with Gasteiger partial charge in [0.15, 0.2) is 0 Å². The Kier molecular flexibility index (Phi) is 6.67. The molecule has 1 N–H and O–H groups in total. The number of nitrogens with zero attached hydrogens (tertiary/aromatic N) is 2. The zero-order valence-corrected chi connectivity index (χ0v) is 14.3. The number of rotatable bonds is 10. The Morgan fingerprint density at radius 1 is 1.08 bits per heavy atom. The monoisotopic (exact) mass is 384 g/mol. The second kappa shape index (κ2) is 8.94. The lowest BCUT2D eigenvalue weighted by atomic mass is 10.3. The van der Waals surface area contributed by atoms with Gasteiger partial charge in [-0.1, -0.05) is 18.2 Å². The SMILES string of the molecule is O=C(O)CCC(=O)OCCCOc1nonc1S(=O)(=O)c1ccccc1. The summed E-state index contributed by atoms with van der Waals surface area (Å²) in [5.74, 6) is -2.01. The number of aromatic nitrogens is 2. The first-order valence-corrected chi connectivity index (χ1v) is 9.02. The molecule has 0 radical (unpaired) electrons. The fourth-order valence-corrected chi connectivity index (χ4v) is 3.03. The average molecular weight is 384 g/mol. The first-order chi connectivity index (χ1) is 12.4. The molecule has 140 valence electrons. The Morgan fingerprint density at radius 2 is 1.81 bits per heavy atom.